The van der Waals surface area contributed by atoms with Gasteiger partial charge < -0.3 is 0 Å². The average Bonchev–Trinajstić information content (AvgIpc) is 2.52. The Kier molecular flexibility index (Phi) is 4.82. The van der Waals surface area contributed by atoms with Gasteiger partial charge >= 0.3 is 0 Å². The van der Waals surface area contributed by atoms with Gasteiger partial charge in [0.05, 0.1) is 16.3 Å². The topological polar surface area (TPSA) is 67.5 Å². The maximum atomic E-state index is 10.5. The van der Waals surface area contributed by atoms with Crippen LogP contribution in [0.2, 0.25) is 0 Å². The summed E-state index contributed by atoms with van der Waals surface area (Å²) >= 11 is 0. The van der Waals surface area contributed by atoms with E-state index in [1.165, 1.54) is 12.1 Å². The highest BCUT2D eigenvalue weighted by Crippen LogP contribution is 2.15. The minimum atomic E-state index is -0.430. The number of nitrogens with zero attached hydrogens (tertiary/aromatic N) is 2. The number of non-ortho nitro benzene ring substituents is 1. The maximum Gasteiger partial charge on any atom is 0.269 e. The molecule has 0 fully saturated rings. The van der Waals surface area contributed by atoms with Crippen LogP contribution in [0.5, 0.6) is 0 Å². The summed E-state index contributed by atoms with van der Waals surface area (Å²) in [6, 6.07) is 16.0. The third-order valence-corrected chi connectivity index (χ3v) is 2.76. The predicted molar refractivity (Wildman–Crippen MR) is 85.3 cm³/mol. The van der Waals surface area contributed by atoms with Gasteiger partial charge in [0.2, 0.25) is 0 Å². The van der Waals surface area contributed by atoms with Crippen LogP contribution < -0.4 is 5.43 Å². The number of nitrogens with one attached hydrogen (secondary N) is 1. The monoisotopic (exact) mass is 281 g/mol. The van der Waals surface area contributed by atoms with Crippen molar-refractivity contribution in [2.45, 2.75) is 6.92 Å². The van der Waals surface area contributed by atoms with E-state index in [-0.39, 0.29) is 5.69 Å². The molecule has 2 aromatic carbocycles. The number of benzene rings is 2. The Morgan fingerprint density at radius 3 is 2.43 bits per heavy atom. The van der Waals surface area contributed by atoms with Gasteiger partial charge in [0, 0.05) is 12.1 Å². The molecule has 0 aliphatic rings. The molecule has 106 valence electrons. The van der Waals surface area contributed by atoms with Crippen molar-refractivity contribution in [1.82, 2.24) is 0 Å². The van der Waals surface area contributed by atoms with Crippen LogP contribution in [-0.2, 0) is 0 Å². The summed E-state index contributed by atoms with van der Waals surface area (Å²) in [6.45, 7) is 1.87. The lowest BCUT2D eigenvalue weighted by Gasteiger charge is -2.00. The van der Waals surface area contributed by atoms with Gasteiger partial charge in [-0.15, -0.1) is 0 Å². The molecule has 0 radical (unpaired) electrons. The molecule has 0 aliphatic carbocycles. The van der Waals surface area contributed by atoms with Crippen LogP contribution in [0, 0.1) is 10.1 Å². The molecule has 0 saturated heterocycles. The van der Waals surface area contributed by atoms with E-state index in [0.717, 1.165) is 11.3 Å². The molecule has 1 N–H and O–H groups in total. The Hall–Kier alpha value is -2.95. The third-order valence-electron chi connectivity index (χ3n) is 2.76. The Morgan fingerprint density at radius 2 is 1.81 bits per heavy atom. The van der Waals surface area contributed by atoms with Gasteiger partial charge in [0.15, 0.2) is 0 Å². The van der Waals surface area contributed by atoms with Crippen molar-refractivity contribution in [3.63, 3.8) is 0 Å². The summed E-state index contributed by atoms with van der Waals surface area (Å²) < 4.78 is 0. The van der Waals surface area contributed by atoms with Crippen LogP contribution in [0.1, 0.15) is 12.5 Å². The van der Waals surface area contributed by atoms with Crippen molar-refractivity contribution in [1.29, 1.82) is 0 Å². The number of hydrazone groups is 1. The Labute approximate surface area is 122 Å². The molecule has 2 aromatic rings. The molecular weight excluding hydrogens is 266 g/mol. The first-order valence-electron chi connectivity index (χ1n) is 6.43. The molecule has 0 unspecified atom stereocenters. The lowest BCUT2D eigenvalue weighted by Crippen LogP contribution is -1.95. The molecule has 0 heterocycles. The lowest BCUT2D eigenvalue weighted by molar-refractivity contribution is -0.384. The first-order chi connectivity index (χ1) is 10.1. The van der Waals surface area contributed by atoms with E-state index < -0.39 is 4.92 Å². The molecule has 5 heteroatoms. The van der Waals surface area contributed by atoms with Crippen LogP contribution in [0.4, 0.5) is 11.4 Å². The van der Waals surface area contributed by atoms with Crippen molar-refractivity contribution >= 4 is 23.2 Å². The second kappa shape index (κ2) is 7.00. The van der Waals surface area contributed by atoms with E-state index in [4.69, 9.17) is 0 Å². The number of anilines is 1. The van der Waals surface area contributed by atoms with Crippen molar-refractivity contribution < 1.29 is 4.92 Å². The first kappa shape index (κ1) is 14.5. The molecule has 2 rings (SSSR count). The average molecular weight is 281 g/mol. The molecule has 0 saturated carbocycles. The van der Waals surface area contributed by atoms with Gasteiger partial charge in [-0.25, -0.2) is 0 Å². The number of rotatable bonds is 5. The zero-order valence-corrected chi connectivity index (χ0v) is 11.6. The van der Waals surface area contributed by atoms with E-state index in [2.05, 4.69) is 10.5 Å². The number of hydrogen-bond acceptors (Lipinski definition) is 4. The largest absolute Gasteiger partial charge is 0.278 e. The fourth-order valence-electron chi connectivity index (χ4n) is 1.63. The van der Waals surface area contributed by atoms with E-state index in [1.807, 2.05) is 49.4 Å². The smallest absolute Gasteiger partial charge is 0.269 e. The number of nitro groups is 1. The highest BCUT2D eigenvalue weighted by molar-refractivity contribution is 5.96. The van der Waals surface area contributed by atoms with Gasteiger partial charge in [0.1, 0.15) is 0 Å². The van der Waals surface area contributed by atoms with E-state index in [1.54, 1.807) is 12.1 Å². The van der Waals surface area contributed by atoms with Gasteiger partial charge in [-0.2, -0.15) is 5.10 Å². The van der Waals surface area contributed by atoms with Gasteiger partial charge in [-0.05, 0) is 30.7 Å². The zero-order valence-electron chi connectivity index (χ0n) is 11.6. The summed E-state index contributed by atoms with van der Waals surface area (Å²) in [6.07, 6.45) is 3.87. The molecule has 21 heavy (non-hydrogen) atoms. The summed E-state index contributed by atoms with van der Waals surface area (Å²) in [5, 5.41) is 14.7. The van der Waals surface area contributed by atoms with Crippen LogP contribution >= 0.6 is 0 Å². The highest BCUT2D eigenvalue weighted by Gasteiger charge is 2.02. The summed E-state index contributed by atoms with van der Waals surface area (Å²) in [5.41, 5.74) is 5.53. The second-order valence-electron chi connectivity index (χ2n) is 4.41. The minimum Gasteiger partial charge on any atom is -0.278 e. The van der Waals surface area contributed by atoms with E-state index >= 15 is 0 Å². The van der Waals surface area contributed by atoms with Crippen molar-refractivity contribution in [3.05, 3.63) is 76.4 Å². The van der Waals surface area contributed by atoms with Gasteiger partial charge in [-0.1, -0.05) is 36.4 Å². The summed E-state index contributed by atoms with van der Waals surface area (Å²) in [5.74, 6) is 0. The summed E-state index contributed by atoms with van der Waals surface area (Å²) in [4.78, 5) is 10.1. The predicted octanol–water partition coefficient (Wildman–Crippen LogP) is 4.10. The minimum absolute atomic E-state index is 0.0604. The molecular formula is C16H15N3O2. The Morgan fingerprint density at radius 1 is 1.14 bits per heavy atom. The van der Waals surface area contributed by atoms with Crippen molar-refractivity contribution in [2.24, 2.45) is 5.10 Å². The van der Waals surface area contributed by atoms with E-state index in [0.29, 0.717) is 5.69 Å². The summed E-state index contributed by atoms with van der Waals surface area (Å²) in [7, 11) is 0. The molecule has 0 bridgehead atoms. The quantitative estimate of drug-likeness (QED) is 0.509. The highest BCUT2D eigenvalue weighted by atomic mass is 16.6. The Balaban J connectivity index is 1.97. The fourth-order valence-corrected chi connectivity index (χ4v) is 1.63. The zero-order chi connectivity index (χ0) is 15.1. The van der Waals surface area contributed by atoms with Crippen LogP contribution in [0.3, 0.4) is 0 Å². The van der Waals surface area contributed by atoms with Crippen LogP contribution in [0.25, 0.3) is 6.08 Å². The van der Waals surface area contributed by atoms with E-state index in [9.17, 15) is 10.1 Å². The first-order valence-corrected chi connectivity index (χ1v) is 6.43. The number of hydrogen-bond donors (Lipinski definition) is 1. The van der Waals surface area contributed by atoms with Crippen LogP contribution in [0.15, 0.2) is 65.8 Å². The lowest BCUT2D eigenvalue weighted by atomic mass is 10.2. The molecule has 0 aromatic heterocycles. The Bertz CT molecular complexity index is 662. The maximum absolute atomic E-state index is 10.5. The standard InChI is InChI=1S/C16H15N3O2/c1-13(7-8-14-5-3-2-4-6-14)17-18-15-9-11-16(12-10-15)19(20)21/h2-12,18H,1H3/b8-7+,17-13?. The normalized spacial score (nSPS) is 11.6. The fraction of sp³-hybridized carbons (Fsp3) is 0.0625. The molecule has 0 spiro atoms. The van der Waals surface area contributed by atoms with Gasteiger partial charge in [-0.3, -0.25) is 15.5 Å². The molecule has 5 nitrogen and oxygen atoms in total. The molecule has 0 amide bonds. The number of allylic oxidation sites excluding steroid dienone is 1. The van der Waals surface area contributed by atoms with Crippen molar-refractivity contribution in [2.75, 3.05) is 5.43 Å². The number of nitro benzene ring substituents is 1. The van der Waals surface area contributed by atoms with Crippen molar-refractivity contribution in [3.8, 4) is 0 Å². The molecule has 0 aliphatic heterocycles. The molecule has 0 atom stereocenters. The SMILES string of the molecule is CC(/C=C/c1ccccc1)=NNc1ccc([N+](=O)[O-])cc1. The third kappa shape index (κ3) is 4.58. The second-order valence-corrected chi connectivity index (χ2v) is 4.41. The van der Waals surface area contributed by atoms with Crippen LogP contribution in [-0.4, -0.2) is 10.6 Å². The van der Waals surface area contributed by atoms with Gasteiger partial charge in [0.25, 0.3) is 5.69 Å².